The van der Waals surface area contributed by atoms with Crippen LogP contribution in [0.1, 0.15) is 40.0 Å². The molecule has 0 radical (unpaired) electrons. The summed E-state index contributed by atoms with van der Waals surface area (Å²) in [6.07, 6.45) is 4.84. The first kappa shape index (κ1) is 34.7. The molecule has 242 valence electrons. The normalized spacial score (nSPS) is 14.3. The van der Waals surface area contributed by atoms with E-state index in [2.05, 4.69) is 49.0 Å². The van der Waals surface area contributed by atoms with Crippen molar-refractivity contribution >= 4 is 81.0 Å². The molecule has 0 bridgehead atoms. The predicted molar refractivity (Wildman–Crippen MR) is 177 cm³/mol. The highest BCUT2D eigenvalue weighted by atomic mass is 79.9. The van der Waals surface area contributed by atoms with Crippen LogP contribution in [0.3, 0.4) is 0 Å². The van der Waals surface area contributed by atoms with Crippen LogP contribution in [0.5, 0.6) is 0 Å². The number of halogens is 1. The minimum Gasteiger partial charge on any atom is -0.460 e. The number of hydrogen-bond donors (Lipinski definition) is 2. The summed E-state index contributed by atoms with van der Waals surface area (Å²) in [7, 11) is -7.24. The lowest BCUT2D eigenvalue weighted by Crippen LogP contribution is -2.35. The van der Waals surface area contributed by atoms with E-state index in [-0.39, 0.29) is 26.0 Å². The lowest BCUT2D eigenvalue weighted by atomic mass is 9.93. The number of ether oxygens (including phenoxy) is 1. The van der Waals surface area contributed by atoms with Gasteiger partial charge in [-0.15, -0.1) is 0 Å². The van der Waals surface area contributed by atoms with Crippen LogP contribution in [0.4, 0.5) is 16.0 Å². The van der Waals surface area contributed by atoms with E-state index < -0.39 is 25.6 Å². The van der Waals surface area contributed by atoms with Crippen molar-refractivity contribution in [1.82, 2.24) is 18.7 Å². The van der Waals surface area contributed by atoms with Crippen molar-refractivity contribution in [2.75, 3.05) is 27.4 Å². The van der Waals surface area contributed by atoms with Crippen LogP contribution in [0, 0.1) is 5.92 Å². The van der Waals surface area contributed by atoms with Gasteiger partial charge >= 0.3 is 5.97 Å². The zero-order valence-corrected chi connectivity index (χ0v) is 29.4. The van der Waals surface area contributed by atoms with Gasteiger partial charge in [0, 0.05) is 52.7 Å². The molecule has 0 unspecified atom stereocenters. The second-order valence-corrected chi connectivity index (χ2v) is 16.7. The van der Waals surface area contributed by atoms with E-state index in [1.807, 2.05) is 32.9 Å². The van der Waals surface area contributed by atoms with Gasteiger partial charge in [0.1, 0.15) is 18.3 Å². The Morgan fingerprint density at radius 3 is 1.76 bits per heavy atom. The van der Waals surface area contributed by atoms with Crippen molar-refractivity contribution in [2.45, 2.75) is 55.4 Å². The SMILES string of the molecule is CC(C)(C)OC(=O)CC1CCN(c2ccc(S(=O)(=O)Nc3ncns3)cc2)CC1.O=S(=O)(Nc1ncns1)c1ccc(Br)cc1. The van der Waals surface area contributed by atoms with Crippen LogP contribution in [-0.4, -0.2) is 60.2 Å². The number of rotatable bonds is 9. The number of sulfonamides is 2. The van der Waals surface area contributed by atoms with Gasteiger partial charge in [-0.3, -0.25) is 14.2 Å². The number of benzene rings is 2. The van der Waals surface area contributed by atoms with Gasteiger partial charge in [0.2, 0.25) is 10.3 Å². The van der Waals surface area contributed by atoms with E-state index in [4.69, 9.17) is 4.74 Å². The molecule has 0 saturated carbocycles. The Kier molecular flexibility index (Phi) is 11.5. The van der Waals surface area contributed by atoms with Gasteiger partial charge < -0.3 is 9.64 Å². The van der Waals surface area contributed by atoms with Gasteiger partial charge in [0.15, 0.2) is 0 Å². The number of nitrogens with zero attached hydrogens (tertiary/aromatic N) is 5. The third-order valence-corrected chi connectivity index (χ3v) is 10.9. The molecule has 18 heteroatoms. The zero-order valence-electron chi connectivity index (χ0n) is 24.6. The Bertz CT molecular complexity index is 1740. The van der Waals surface area contributed by atoms with Crippen molar-refractivity contribution in [2.24, 2.45) is 5.92 Å². The van der Waals surface area contributed by atoms with Crippen LogP contribution < -0.4 is 14.3 Å². The highest BCUT2D eigenvalue weighted by molar-refractivity contribution is 9.10. The molecule has 0 spiro atoms. The van der Waals surface area contributed by atoms with Gasteiger partial charge in [-0.2, -0.15) is 8.75 Å². The fraction of sp³-hybridized carbons (Fsp3) is 0.370. The van der Waals surface area contributed by atoms with E-state index >= 15 is 0 Å². The molecule has 13 nitrogen and oxygen atoms in total. The van der Waals surface area contributed by atoms with Crippen LogP contribution in [0.25, 0.3) is 0 Å². The van der Waals surface area contributed by atoms with Gasteiger partial charge in [-0.25, -0.2) is 26.8 Å². The van der Waals surface area contributed by atoms with E-state index in [9.17, 15) is 21.6 Å². The Morgan fingerprint density at radius 2 is 1.33 bits per heavy atom. The highest BCUT2D eigenvalue weighted by Crippen LogP contribution is 2.27. The van der Waals surface area contributed by atoms with E-state index in [0.717, 1.165) is 59.2 Å². The molecule has 2 N–H and O–H groups in total. The van der Waals surface area contributed by atoms with Crippen molar-refractivity contribution < 1.29 is 26.4 Å². The zero-order chi connectivity index (χ0) is 32.7. The molecule has 3 heterocycles. The summed E-state index contributed by atoms with van der Waals surface area (Å²) in [5, 5.41) is 0.490. The van der Waals surface area contributed by atoms with Crippen LogP contribution in [-0.2, 0) is 29.6 Å². The second-order valence-electron chi connectivity index (χ2n) is 10.9. The fourth-order valence-electron chi connectivity index (χ4n) is 4.25. The Hall–Kier alpha value is -3.19. The summed E-state index contributed by atoms with van der Waals surface area (Å²) in [4.78, 5) is 22.2. The molecule has 1 fully saturated rings. The molecule has 0 amide bonds. The minimum atomic E-state index is -3.68. The maximum atomic E-state index is 12.4. The predicted octanol–water partition coefficient (Wildman–Crippen LogP) is 5.39. The molecule has 0 aliphatic carbocycles. The van der Waals surface area contributed by atoms with E-state index in [1.54, 1.807) is 24.3 Å². The maximum absolute atomic E-state index is 12.4. The molecule has 2 aromatic heterocycles. The third-order valence-electron chi connectivity index (χ3n) is 6.29. The first-order chi connectivity index (χ1) is 21.2. The number of esters is 1. The monoisotopic (exact) mass is 757 g/mol. The van der Waals surface area contributed by atoms with Crippen LogP contribution in [0.15, 0.2) is 75.4 Å². The van der Waals surface area contributed by atoms with Crippen LogP contribution >= 0.6 is 39.0 Å². The number of hydrogen-bond acceptors (Lipinski definition) is 13. The third kappa shape index (κ3) is 10.7. The standard InChI is InChI=1S/C19H26N4O4S2.C8H6BrN3O2S2/c1-19(2,3)27-17(24)12-14-8-10-23(11-9-14)15-4-6-16(7-5-15)29(25,26)22-18-20-13-21-28-18;9-6-1-3-7(4-2-6)16(13,14)12-8-10-5-11-15-8/h4-7,13-14H,8-12H2,1-3H3,(H,20,21,22);1-5H,(H,10,11,12). The summed E-state index contributed by atoms with van der Waals surface area (Å²) in [5.41, 5.74) is 0.515. The first-order valence-corrected chi connectivity index (χ1v) is 18.9. The summed E-state index contributed by atoms with van der Waals surface area (Å²) in [6.45, 7) is 7.27. The number of carbonyl (C=O) groups is 1. The molecule has 4 aromatic rings. The average Bonchev–Trinajstić information content (AvgIpc) is 3.67. The topological polar surface area (TPSA) is 173 Å². The summed E-state index contributed by atoms with van der Waals surface area (Å²) in [5.74, 6) is 0.172. The molecule has 45 heavy (non-hydrogen) atoms. The van der Waals surface area contributed by atoms with Crippen molar-refractivity contribution in [3.63, 3.8) is 0 Å². The Labute approximate surface area is 279 Å². The minimum absolute atomic E-state index is 0.145. The van der Waals surface area contributed by atoms with Crippen molar-refractivity contribution in [3.05, 3.63) is 65.7 Å². The Balaban J connectivity index is 0.000000242. The summed E-state index contributed by atoms with van der Waals surface area (Å²) in [6, 6.07) is 13.1. The van der Waals surface area contributed by atoms with Crippen molar-refractivity contribution in [3.8, 4) is 0 Å². The smallest absolute Gasteiger partial charge is 0.306 e. The molecule has 1 saturated heterocycles. The average molecular weight is 759 g/mol. The lowest BCUT2D eigenvalue weighted by Gasteiger charge is -2.33. The first-order valence-electron chi connectivity index (χ1n) is 13.6. The highest BCUT2D eigenvalue weighted by Gasteiger charge is 2.25. The van der Waals surface area contributed by atoms with Gasteiger partial charge in [0.25, 0.3) is 20.0 Å². The molecule has 5 rings (SSSR count). The number of nitrogens with one attached hydrogen (secondary N) is 2. The number of carbonyl (C=O) groups excluding carboxylic acids is 1. The summed E-state index contributed by atoms with van der Waals surface area (Å²) >= 11 is 5.21. The molecule has 1 aliphatic heterocycles. The lowest BCUT2D eigenvalue weighted by molar-refractivity contribution is -0.156. The summed E-state index contributed by atoms with van der Waals surface area (Å²) < 4.78 is 66.9. The van der Waals surface area contributed by atoms with Crippen LogP contribution in [0.2, 0.25) is 0 Å². The maximum Gasteiger partial charge on any atom is 0.306 e. The number of aromatic nitrogens is 4. The van der Waals surface area contributed by atoms with E-state index in [1.165, 1.54) is 24.8 Å². The quantitative estimate of drug-likeness (QED) is 0.210. The van der Waals surface area contributed by atoms with Gasteiger partial charge in [-0.05, 0) is 88.1 Å². The molecular formula is C27H32BrN7O6S4. The molecule has 2 aromatic carbocycles. The number of anilines is 3. The number of piperidine rings is 1. The van der Waals surface area contributed by atoms with Gasteiger partial charge in [0.05, 0.1) is 9.79 Å². The largest absolute Gasteiger partial charge is 0.460 e. The molecular weight excluding hydrogens is 727 g/mol. The fourth-order valence-corrected chi connectivity index (χ4v) is 7.84. The Morgan fingerprint density at radius 1 is 0.867 bits per heavy atom. The van der Waals surface area contributed by atoms with Gasteiger partial charge in [-0.1, -0.05) is 15.9 Å². The van der Waals surface area contributed by atoms with E-state index in [0.29, 0.717) is 12.3 Å². The molecule has 0 atom stereocenters. The van der Waals surface area contributed by atoms with Crippen molar-refractivity contribution in [1.29, 1.82) is 0 Å². The second kappa shape index (κ2) is 14.9. The molecule has 1 aliphatic rings.